The molecule has 0 spiro atoms. The molecule has 1 heterocycles. The molecular formula is C14H20N2O2. The molecule has 0 amide bonds. The Morgan fingerprint density at radius 1 is 1.17 bits per heavy atom. The molecule has 5 rings (SSSR count). The second kappa shape index (κ2) is 2.91. The minimum atomic E-state index is -0.406. The molecule has 1 aromatic heterocycles. The Balaban J connectivity index is 1.84. The summed E-state index contributed by atoms with van der Waals surface area (Å²) in [6, 6.07) is 0. The Morgan fingerprint density at radius 2 is 1.83 bits per heavy atom. The molecule has 1 N–H and O–H groups in total. The molecule has 1 aromatic rings. The molecule has 0 saturated heterocycles. The van der Waals surface area contributed by atoms with Crippen LogP contribution < -0.4 is 5.76 Å². The third-order valence-corrected chi connectivity index (χ3v) is 5.57. The van der Waals surface area contributed by atoms with Gasteiger partial charge in [-0.15, -0.1) is 0 Å². The number of H-pyrrole nitrogens is 1. The van der Waals surface area contributed by atoms with Gasteiger partial charge in [0.25, 0.3) is 0 Å². The molecule has 2 unspecified atom stereocenters. The monoisotopic (exact) mass is 248 g/mol. The van der Waals surface area contributed by atoms with Gasteiger partial charge >= 0.3 is 5.76 Å². The minimum absolute atomic E-state index is 0.0784. The van der Waals surface area contributed by atoms with E-state index in [0.717, 1.165) is 24.6 Å². The van der Waals surface area contributed by atoms with Crippen molar-refractivity contribution in [3.8, 4) is 0 Å². The van der Waals surface area contributed by atoms with Gasteiger partial charge in [0.1, 0.15) is 0 Å². The van der Waals surface area contributed by atoms with E-state index in [0.29, 0.717) is 10.8 Å². The predicted octanol–water partition coefficient (Wildman–Crippen LogP) is 2.61. The van der Waals surface area contributed by atoms with Crippen LogP contribution in [0.3, 0.4) is 0 Å². The standard InChI is InChI=1S/C14H20N2O2/c1-12-3-9-4-13(2,6-12)8-14(5-9,7-12)10-15-11(17)18-16-10/h9H,3-8H2,1-2H3,(H,15,16,17). The highest BCUT2D eigenvalue weighted by Crippen LogP contribution is 2.69. The number of hydrogen-bond donors (Lipinski definition) is 1. The maximum atomic E-state index is 11.3. The third kappa shape index (κ3) is 1.32. The molecule has 4 saturated carbocycles. The van der Waals surface area contributed by atoms with Gasteiger partial charge in [-0.1, -0.05) is 19.0 Å². The van der Waals surface area contributed by atoms with Crippen LogP contribution in [0.15, 0.2) is 9.32 Å². The maximum absolute atomic E-state index is 11.3. The summed E-state index contributed by atoms with van der Waals surface area (Å²) in [5.74, 6) is 1.21. The molecule has 4 aliphatic carbocycles. The smallest absolute Gasteiger partial charge is 0.296 e. The molecular weight excluding hydrogens is 228 g/mol. The van der Waals surface area contributed by atoms with Crippen molar-refractivity contribution in [3.05, 3.63) is 16.4 Å². The fourth-order valence-corrected chi connectivity index (χ4v) is 6.17. The number of rotatable bonds is 1. The molecule has 0 aromatic carbocycles. The average molecular weight is 248 g/mol. The Labute approximate surface area is 106 Å². The van der Waals surface area contributed by atoms with E-state index >= 15 is 0 Å². The van der Waals surface area contributed by atoms with Crippen LogP contribution in [0.4, 0.5) is 0 Å². The molecule has 4 nitrogen and oxygen atoms in total. The van der Waals surface area contributed by atoms with Gasteiger partial charge < -0.3 is 0 Å². The first-order valence-electron chi connectivity index (χ1n) is 6.97. The Kier molecular flexibility index (Phi) is 1.75. The van der Waals surface area contributed by atoms with Gasteiger partial charge in [0, 0.05) is 5.41 Å². The van der Waals surface area contributed by atoms with Crippen LogP contribution >= 0.6 is 0 Å². The molecule has 98 valence electrons. The lowest BCUT2D eigenvalue weighted by molar-refractivity contribution is -0.113. The van der Waals surface area contributed by atoms with E-state index in [-0.39, 0.29) is 5.41 Å². The number of nitrogens with one attached hydrogen (secondary N) is 1. The van der Waals surface area contributed by atoms with Crippen LogP contribution in [0.5, 0.6) is 0 Å². The van der Waals surface area contributed by atoms with Gasteiger partial charge in [-0.25, -0.2) is 4.79 Å². The summed E-state index contributed by atoms with van der Waals surface area (Å²) >= 11 is 0. The van der Waals surface area contributed by atoms with E-state index in [1.807, 2.05) is 0 Å². The molecule has 4 aliphatic rings. The second-order valence-electron chi connectivity index (χ2n) is 7.85. The quantitative estimate of drug-likeness (QED) is 0.831. The molecule has 18 heavy (non-hydrogen) atoms. The lowest BCUT2D eigenvalue weighted by Crippen LogP contribution is -2.57. The lowest BCUT2D eigenvalue weighted by Gasteiger charge is -2.64. The van der Waals surface area contributed by atoms with E-state index in [4.69, 9.17) is 4.52 Å². The predicted molar refractivity (Wildman–Crippen MR) is 66.2 cm³/mol. The van der Waals surface area contributed by atoms with Crippen LogP contribution in [-0.2, 0) is 5.41 Å². The summed E-state index contributed by atoms with van der Waals surface area (Å²) in [5.41, 5.74) is 0.948. The van der Waals surface area contributed by atoms with Crippen molar-refractivity contribution in [1.29, 1.82) is 0 Å². The Bertz CT molecular complexity index is 540. The Morgan fingerprint density at radius 3 is 2.33 bits per heavy atom. The van der Waals surface area contributed by atoms with E-state index in [9.17, 15) is 4.79 Å². The van der Waals surface area contributed by atoms with Crippen molar-refractivity contribution < 1.29 is 4.52 Å². The zero-order chi connectivity index (χ0) is 12.6. The number of aromatic nitrogens is 2. The molecule has 4 bridgehead atoms. The molecule has 0 radical (unpaired) electrons. The summed E-state index contributed by atoms with van der Waals surface area (Å²) in [4.78, 5) is 14.1. The van der Waals surface area contributed by atoms with Crippen molar-refractivity contribution in [3.63, 3.8) is 0 Å². The van der Waals surface area contributed by atoms with Crippen LogP contribution in [0.25, 0.3) is 0 Å². The van der Waals surface area contributed by atoms with E-state index in [1.54, 1.807) is 0 Å². The number of nitrogens with zero attached hydrogens (tertiary/aromatic N) is 1. The lowest BCUT2D eigenvalue weighted by atomic mass is 9.40. The van der Waals surface area contributed by atoms with E-state index < -0.39 is 5.76 Å². The zero-order valence-corrected chi connectivity index (χ0v) is 11.1. The highest BCUT2D eigenvalue weighted by atomic mass is 16.5. The van der Waals surface area contributed by atoms with Gasteiger partial charge in [0.05, 0.1) is 0 Å². The first kappa shape index (κ1) is 10.8. The van der Waals surface area contributed by atoms with E-state index in [2.05, 4.69) is 24.0 Å². The Hall–Kier alpha value is -1.06. The number of hydrogen-bond acceptors (Lipinski definition) is 3. The van der Waals surface area contributed by atoms with Crippen molar-refractivity contribution in [1.82, 2.24) is 10.1 Å². The highest BCUT2D eigenvalue weighted by molar-refractivity contribution is 5.20. The summed E-state index contributed by atoms with van der Waals surface area (Å²) in [6.45, 7) is 4.84. The molecule has 4 fully saturated rings. The summed E-state index contributed by atoms with van der Waals surface area (Å²) in [6.07, 6.45) is 7.54. The largest absolute Gasteiger partial charge is 0.438 e. The van der Waals surface area contributed by atoms with Crippen molar-refractivity contribution >= 4 is 0 Å². The second-order valence-corrected chi connectivity index (χ2v) is 7.85. The fraction of sp³-hybridized carbons (Fsp3) is 0.857. The van der Waals surface area contributed by atoms with Gasteiger partial charge in [0.15, 0.2) is 5.82 Å². The van der Waals surface area contributed by atoms with Gasteiger partial charge in [-0.2, -0.15) is 0 Å². The normalized spacial score (nSPS) is 49.8. The minimum Gasteiger partial charge on any atom is -0.296 e. The van der Waals surface area contributed by atoms with Crippen molar-refractivity contribution in [2.45, 2.75) is 57.8 Å². The number of aromatic amines is 1. The molecule has 4 heteroatoms. The summed E-state index contributed by atoms with van der Waals surface area (Å²) in [7, 11) is 0. The van der Waals surface area contributed by atoms with Crippen molar-refractivity contribution in [2.75, 3.05) is 0 Å². The maximum Gasteiger partial charge on any atom is 0.438 e. The summed E-state index contributed by atoms with van der Waals surface area (Å²) < 4.78 is 4.76. The molecule has 0 aliphatic heterocycles. The van der Waals surface area contributed by atoms with Crippen LogP contribution in [0.1, 0.15) is 58.2 Å². The van der Waals surface area contributed by atoms with Crippen LogP contribution in [0.2, 0.25) is 0 Å². The topological polar surface area (TPSA) is 58.9 Å². The fourth-order valence-electron chi connectivity index (χ4n) is 6.17. The average Bonchev–Trinajstić information content (AvgIpc) is 2.59. The first-order valence-corrected chi connectivity index (χ1v) is 6.97. The van der Waals surface area contributed by atoms with Crippen LogP contribution in [-0.4, -0.2) is 10.1 Å². The SMILES string of the molecule is CC12CC3CC(C)(C1)CC(c1noc(=O)[nH]1)(C3)C2. The van der Waals surface area contributed by atoms with Gasteiger partial charge in [-0.05, 0) is 55.3 Å². The third-order valence-electron chi connectivity index (χ3n) is 5.57. The first-order chi connectivity index (χ1) is 8.41. The van der Waals surface area contributed by atoms with Gasteiger partial charge in [0.2, 0.25) is 0 Å². The molecule has 2 atom stereocenters. The highest BCUT2D eigenvalue weighted by Gasteiger charge is 2.61. The zero-order valence-electron chi connectivity index (χ0n) is 11.1. The summed E-state index contributed by atoms with van der Waals surface area (Å²) in [5, 5.41) is 4.02. The van der Waals surface area contributed by atoms with Crippen molar-refractivity contribution in [2.24, 2.45) is 16.7 Å². The van der Waals surface area contributed by atoms with Crippen LogP contribution in [0, 0.1) is 16.7 Å². The van der Waals surface area contributed by atoms with Gasteiger partial charge in [-0.3, -0.25) is 9.51 Å². The van der Waals surface area contributed by atoms with E-state index in [1.165, 1.54) is 25.7 Å².